The molecule has 0 radical (unpaired) electrons. The highest BCUT2D eigenvalue weighted by atomic mass is 16.6. The van der Waals surface area contributed by atoms with Crippen LogP contribution in [0, 0.1) is 0 Å². The minimum Gasteiger partial charge on any atom is -0.388 e. The van der Waals surface area contributed by atoms with E-state index in [9.17, 15) is 9.59 Å². The molecule has 0 saturated carbocycles. The zero-order valence-electron chi connectivity index (χ0n) is 9.92. The molecular formula is C11H15N3O4. The molecule has 1 saturated heterocycles. The van der Waals surface area contributed by atoms with Gasteiger partial charge in [-0.25, -0.2) is 0 Å². The van der Waals surface area contributed by atoms with E-state index in [1.54, 1.807) is 6.07 Å². The highest BCUT2D eigenvalue weighted by molar-refractivity contribution is 5.97. The summed E-state index contributed by atoms with van der Waals surface area (Å²) in [5, 5.41) is 3.56. The van der Waals surface area contributed by atoms with Crippen molar-refractivity contribution in [3.63, 3.8) is 0 Å². The zero-order valence-corrected chi connectivity index (χ0v) is 9.92. The van der Waals surface area contributed by atoms with Crippen molar-refractivity contribution in [3.05, 3.63) is 11.8 Å². The largest absolute Gasteiger partial charge is 0.388 e. The van der Waals surface area contributed by atoms with Gasteiger partial charge in [-0.2, -0.15) is 5.90 Å². The number of amides is 2. The minimum atomic E-state index is -0.0881. The van der Waals surface area contributed by atoms with Gasteiger partial charge in [0.25, 0.3) is 5.88 Å². The van der Waals surface area contributed by atoms with Gasteiger partial charge in [-0.3, -0.25) is 14.5 Å². The van der Waals surface area contributed by atoms with Crippen LogP contribution in [-0.2, 0) is 16.0 Å². The Bertz CT molecular complexity index is 427. The van der Waals surface area contributed by atoms with Gasteiger partial charge in [-0.1, -0.05) is 0 Å². The van der Waals surface area contributed by atoms with E-state index in [1.807, 2.05) is 0 Å². The Labute approximate surface area is 104 Å². The van der Waals surface area contributed by atoms with Crippen LogP contribution < -0.4 is 10.7 Å². The maximum absolute atomic E-state index is 11.5. The van der Waals surface area contributed by atoms with Gasteiger partial charge in [-0.15, -0.1) is 0 Å². The van der Waals surface area contributed by atoms with Crippen molar-refractivity contribution in [2.45, 2.75) is 32.1 Å². The number of hydrogen-bond donors (Lipinski definition) is 1. The lowest BCUT2D eigenvalue weighted by molar-refractivity contribution is -0.147. The molecule has 1 aromatic rings. The maximum Gasteiger partial charge on any atom is 0.276 e. The quantitative estimate of drug-likeness (QED) is 0.602. The summed E-state index contributed by atoms with van der Waals surface area (Å²) in [5.41, 5.74) is 0. The van der Waals surface area contributed by atoms with Crippen molar-refractivity contribution < 1.29 is 18.9 Å². The van der Waals surface area contributed by atoms with E-state index in [0.717, 1.165) is 0 Å². The number of imide groups is 1. The number of carbonyl (C=O) groups is 2. The molecule has 7 nitrogen and oxygen atoms in total. The molecule has 2 rings (SSSR count). The second-order valence-corrected chi connectivity index (χ2v) is 4.15. The maximum atomic E-state index is 11.5. The molecule has 0 spiro atoms. The van der Waals surface area contributed by atoms with Gasteiger partial charge in [0.15, 0.2) is 0 Å². The third-order valence-electron chi connectivity index (χ3n) is 2.85. The van der Waals surface area contributed by atoms with Crippen molar-refractivity contribution in [2.75, 3.05) is 6.54 Å². The fraction of sp³-hybridized carbons (Fsp3) is 0.545. The number of aromatic nitrogens is 1. The summed E-state index contributed by atoms with van der Waals surface area (Å²) in [6.45, 7) is 0.414. The summed E-state index contributed by atoms with van der Waals surface area (Å²) < 4.78 is 4.96. The number of piperidine rings is 1. The first-order valence-corrected chi connectivity index (χ1v) is 5.86. The van der Waals surface area contributed by atoms with Crippen LogP contribution in [0.4, 0.5) is 0 Å². The molecule has 2 heterocycles. The first-order chi connectivity index (χ1) is 8.70. The molecule has 0 bridgehead atoms. The lowest BCUT2D eigenvalue weighted by Crippen LogP contribution is -2.40. The van der Waals surface area contributed by atoms with Crippen molar-refractivity contribution in [3.8, 4) is 5.88 Å². The van der Waals surface area contributed by atoms with Crippen LogP contribution in [0.3, 0.4) is 0 Å². The standard InChI is InChI=1S/C11H15N3O4/c12-17-9-7-8(18-13-9)3-2-6-14-10(15)4-1-5-11(14)16/h7H,1-6,12H2. The average Bonchev–Trinajstić information content (AvgIpc) is 2.81. The second-order valence-electron chi connectivity index (χ2n) is 4.15. The molecule has 0 unspecified atom stereocenters. The average molecular weight is 253 g/mol. The molecule has 1 aliphatic heterocycles. The summed E-state index contributed by atoms with van der Waals surface area (Å²) in [7, 11) is 0. The van der Waals surface area contributed by atoms with Crippen LogP contribution in [0.1, 0.15) is 31.4 Å². The van der Waals surface area contributed by atoms with Gasteiger partial charge in [-0.05, 0) is 18.0 Å². The third kappa shape index (κ3) is 2.86. The molecule has 18 heavy (non-hydrogen) atoms. The highest BCUT2D eigenvalue weighted by Crippen LogP contribution is 2.15. The van der Waals surface area contributed by atoms with Gasteiger partial charge in [0.05, 0.1) is 0 Å². The number of nitrogens with two attached hydrogens (primary N) is 1. The zero-order chi connectivity index (χ0) is 13.0. The molecular weight excluding hydrogens is 238 g/mol. The number of rotatable bonds is 5. The summed E-state index contributed by atoms with van der Waals surface area (Å²) in [6, 6.07) is 1.58. The predicted octanol–water partition coefficient (Wildman–Crippen LogP) is 0.399. The molecule has 2 N–H and O–H groups in total. The summed E-state index contributed by atoms with van der Waals surface area (Å²) in [6.07, 6.45) is 2.79. The Hall–Kier alpha value is -1.89. The van der Waals surface area contributed by atoms with E-state index >= 15 is 0 Å². The third-order valence-corrected chi connectivity index (χ3v) is 2.85. The van der Waals surface area contributed by atoms with Gasteiger partial charge in [0.2, 0.25) is 11.8 Å². The van der Waals surface area contributed by atoms with Gasteiger partial charge in [0.1, 0.15) is 5.76 Å². The van der Waals surface area contributed by atoms with E-state index in [4.69, 9.17) is 10.4 Å². The molecule has 1 aromatic heterocycles. The molecule has 0 aromatic carbocycles. The van der Waals surface area contributed by atoms with Crippen LogP contribution in [0.15, 0.2) is 10.6 Å². The van der Waals surface area contributed by atoms with Crippen LogP contribution in [0.2, 0.25) is 0 Å². The first-order valence-electron chi connectivity index (χ1n) is 5.86. The molecule has 98 valence electrons. The number of hydrogen-bond acceptors (Lipinski definition) is 6. The summed E-state index contributed by atoms with van der Waals surface area (Å²) >= 11 is 0. The predicted molar refractivity (Wildman–Crippen MR) is 60.2 cm³/mol. The molecule has 1 aliphatic rings. The molecule has 1 fully saturated rings. The Kier molecular flexibility index (Phi) is 3.93. The molecule has 0 aliphatic carbocycles. The van der Waals surface area contributed by atoms with Gasteiger partial charge < -0.3 is 9.36 Å². The van der Waals surface area contributed by atoms with Crippen LogP contribution in [0.5, 0.6) is 5.88 Å². The smallest absolute Gasteiger partial charge is 0.276 e. The van der Waals surface area contributed by atoms with Crippen LogP contribution in [0.25, 0.3) is 0 Å². The Balaban J connectivity index is 1.80. The lowest BCUT2D eigenvalue weighted by Gasteiger charge is -2.24. The number of carbonyl (C=O) groups excluding carboxylic acids is 2. The van der Waals surface area contributed by atoms with Crippen molar-refractivity contribution in [2.24, 2.45) is 5.90 Å². The van der Waals surface area contributed by atoms with Crippen molar-refractivity contribution in [1.82, 2.24) is 10.1 Å². The van der Waals surface area contributed by atoms with Crippen molar-refractivity contribution in [1.29, 1.82) is 0 Å². The molecule has 7 heteroatoms. The van der Waals surface area contributed by atoms with E-state index in [2.05, 4.69) is 9.99 Å². The van der Waals surface area contributed by atoms with E-state index in [1.165, 1.54) is 4.90 Å². The van der Waals surface area contributed by atoms with Crippen molar-refractivity contribution >= 4 is 11.8 Å². The molecule has 2 amide bonds. The monoisotopic (exact) mass is 253 g/mol. The lowest BCUT2D eigenvalue weighted by atomic mass is 10.1. The van der Waals surface area contributed by atoms with E-state index in [0.29, 0.717) is 44.4 Å². The fourth-order valence-corrected chi connectivity index (χ4v) is 1.93. The Morgan fingerprint density at radius 3 is 2.72 bits per heavy atom. The number of aryl methyl sites for hydroxylation is 1. The summed E-state index contributed by atoms with van der Waals surface area (Å²) in [4.78, 5) is 28.8. The minimum absolute atomic E-state index is 0.0881. The van der Waals surface area contributed by atoms with Crippen LogP contribution >= 0.6 is 0 Å². The first kappa shape index (κ1) is 12.6. The van der Waals surface area contributed by atoms with Crippen LogP contribution in [-0.4, -0.2) is 28.4 Å². The summed E-state index contributed by atoms with van der Waals surface area (Å²) in [5.74, 6) is 5.58. The SMILES string of the molecule is NOc1cc(CCCN2C(=O)CCCC2=O)on1. The topological polar surface area (TPSA) is 98.7 Å². The number of likely N-dealkylation sites (tertiary alicyclic amines) is 1. The highest BCUT2D eigenvalue weighted by Gasteiger charge is 2.25. The second kappa shape index (κ2) is 5.63. The van der Waals surface area contributed by atoms with E-state index in [-0.39, 0.29) is 17.7 Å². The van der Waals surface area contributed by atoms with Gasteiger partial charge >= 0.3 is 0 Å². The Morgan fingerprint density at radius 2 is 2.11 bits per heavy atom. The van der Waals surface area contributed by atoms with Gasteiger partial charge in [0, 0.05) is 31.9 Å². The number of nitrogens with zero attached hydrogens (tertiary/aromatic N) is 2. The van der Waals surface area contributed by atoms with E-state index < -0.39 is 0 Å². The fourth-order valence-electron chi connectivity index (χ4n) is 1.93. The molecule has 0 atom stereocenters. The normalized spacial score (nSPS) is 16.2. The Morgan fingerprint density at radius 1 is 1.39 bits per heavy atom.